The number of hydrogen-bond donors (Lipinski definition) is 0. The molecule has 0 amide bonds. The average Bonchev–Trinajstić information content (AvgIpc) is 2.29. The van der Waals surface area contributed by atoms with E-state index in [-0.39, 0.29) is 11.6 Å². The Labute approximate surface area is 87.9 Å². The number of allylic oxidation sites excluding steroid dienone is 4. The van der Waals surface area contributed by atoms with Crippen molar-refractivity contribution >= 4 is 11.6 Å². The van der Waals surface area contributed by atoms with Gasteiger partial charge in [0.15, 0.2) is 11.6 Å². The Hall–Kier alpha value is -1.96. The molecule has 1 aromatic carbocycles. The highest BCUT2D eigenvalue weighted by molar-refractivity contribution is 6.14. The summed E-state index contributed by atoms with van der Waals surface area (Å²) >= 11 is 0. The molecule has 0 N–H and O–H groups in total. The highest BCUT2D eigenvalue weighted by Crippen LogP contribution is 2.13. The SMILES string of the molecule is O=C1C=C(C(=O)c2ccccc2)C=CC1. The van der Waals surface area contributed by atoms with Crippen LogP contribution in [-0.4, -0.2) is 11.6 Å². The maximum atomic E-state index is 11.9. The summed E-state index contributed by atoms with van der Waals surface area (Å²) in [5.74, 6) is -0.114. The van der Waals surface area contributed by atoms with Gasteiger partial charge >= 0.3 is 0 Å². The molecule has 0 heterocycles. The molecule has 0 spiro atoms. The molecule has 0 bridgehead atoms. The summed E-state index contributed by atoms with van der Waals surface area (Å²) in [4.78, 5) is 23.0. The van der Waals surface area contributed by atoms with Gasteiger partial charge in [-0.3, -0.25) is 9.59 Å². The molecule has 1 aromatic rings. The molecule has 0 saturated heterocycles. The number of Topliss-reactive ketones (excluding diaryl/α,β-unsaturated/α-hetero) is 1. The van der Waals surface area contributed by atoms with E-state index in [4.69, 9.17) is 0 Å². The van der Waals surface area contributed by atoms with E-state index in [0.717, 1.165) is 0 Å². The van der Waals surface area contributed by atoms with Crippen LogP contribution in [-0.2, 0) is 4.79 Å². The molecule has 2 nitrogen and oxygen atoms in total. The quantitative estimate of drug-likeness (QED) is 0.683. The van der Waals surface area contributed by atoms with E-state index in [1.54, 1.807) is 24.3 Å². The van der Waals surface area contributed by atoms with Gasteiger partial charge in [-0.05, 0) is 6.08 Å². The van der Waals surface area contributed by atoms with Gasteiger partial charge in [0.1, 0.15) is 0 Å². The first-order valence-electron chi connectivity index (χ1n) is 4.78. The molecule has 0 aliphatic heterocycles. The minimum Gasteiger partial charge on any atom is -0.294 e. The van der Waals surface area contributed by atoms with E-state index in [1.165, 1.54) is 6.08 Å². The van der Waals surface area contributed by atoms with Crippen LogP contribution in [0.25, 0.3) is 0 Å². The van der Waals surface area contributed by atoms with Gasteiger partial charge in [0.25, 0.3) is 0 Å². The second-order valence-corrected chi connectivity index (χ2v) is 3.37. The molecule has 2 heteroatoms. The molecule has 0 radical (unpaired) electrons. The number of carbonyl (C=O) groups is 2. The van der Waals surface area contributed by atoms with E-state index in [9.17, 15) is 9.59 Å². The average molecular weight is 198 g/mol. The van der Waals surface area contributed by atoms with Crippen LogP contribution >= 0.6 is 0 Å². The highest BCUT2D eigenvalue weighted by atomic mass is 16.1. The Kier molecular flexibility index (Phi) is 2.59. The third kappa shape index (κ3) is 2.10. The Morgan fingerprint density at radius 2 is 1.87 bits per heavy atom. The lowest BCUT2D eigenvalue weighted by atomic mass is 9.98. The van der Waals surface area contributed by atoms with Crippen molar-refractivity contribution in [3.05, 3.63) is 59.7 Å². The monoisotopic (exact) mass is 198 g/mol. The predicted molar refractivity (Wildman–Crippen MR) is 57.6 cm³/mol. The molecular formula is C13H10O2. The van der Waals surface area contributed by atoms with Crippen LogP contribution in [0.4, 0.5) is 0 Å². The third-order valence-corrected chi connectivity index (χ3v) is 2.23. The highest BCUT2D eigenvalue weighted by Gasteiger charge is 2.13. The minimum absolute atomic E-state index is 0.0169. The second kappa shape index (κ2) is 4.05. The fraction of sp³-hybridized carbons (Fsp3) is 0.0769. The maximum absolute atomic E-state index is 11.9. The fourth-order valence-electron chi connectivity index (χ4n) is 1.48. The largest absolute Gasteiger partial charge is 0.294 e. The van der Waals surface area contributed by atoms with Crippen molar-refractivity contribution in [1.29, 1.82) is 0 Å². The maximum Gasteiger partial charge on any atom is 0.193 e. The second-order valence-electron chi connectivity index (χ2n) is 3.37. The molecule has 74 valence electrons. The molecule has 15 heavy (non-hydrogen) atoms. The fourth-order valence-corrected chi connectivity index (χ4v) is 1.48. The van der Waals surface area contributed by atoms with Crippen LogP contribution in [0.3, 0.4) is 0 Å². The summed E-state index contributed by atoms with van der Waals surface area (Å²) in [6, 6.07) is 8.96. The number of ketones is 2. The molecule has 1 aliphatic carbocycles. The Morgan fingerprint density at radius 3 is 2.53 bits per heavy atom. The van der Waals surface area contributed by atoms with Gasteiger partial charge in [0.2, 0.25) is 0 Å². The molecule has 0 saturated carbocycles. The number of hydrogen-bond acceptors (Lipinski definition) is 2. The van der Waals surface area contributed by atoms with Crippen molar-refractivity contribution in [2.45, 2.75) is 6.42 Å². The van der Waals surface area contributed by atoms with Crippen LogP contribution in [0.2, 0.25) is 0 Å². The van der Waals surface area contributed by atoms with E-state index in [1.807, 2.05) is 18.2 Å². The van der Waals surface area contributed by atoms with E-state index in [2.05, 4.69) is 0 Å². The summed E-state index contributed by atoms with van der Waals surface area (Å²) < 4.78 is 0. The van der Waals surface area contributed by atoms with Gasteiger partial charge in [-0.1, -0.05) is 42.5 Å². The summed E-state index contributed by atoms with van der Waals surface area (Å²) in [7, 11) is 0. The van der Waals surface area contributed by atoms with Crippen LogP contribution < -0.4 is 0 Å². The van der Waals surface area contributed by atoms with Crippen molar-refractivity contribution in [1.82, 2.24) is 0 Å². The summed E-state index contributed by atoms with van der Waals surface area (Å²) in [5, 5.41) is 0. The van der Waals surface area contributed by atoms with Gasteiger partial charge in [0.05, 0.1) is 0 Å². The van der Waals surface area contributed by atoms with Crippen LogP contribution in [0.5, 0.6) is 0 Å². The van der Waals surface area contributed by atoms with Crippen molar-refractivity contribution in [2.75, 3.05) is 0 Å². The zero-order valence-corrected chi connectivity index (χ0v) is 8.14. The van der Waals surface area contributed by atoms with Crippen molar-refractivity contribution < 1.29 is 9.59 Å². The lowest BCUT2D eigenvalue weighted by molar-refractivity contribution is -0.113. The van der Waals surface area contributed by atoms with Crippen molar-refractivity contribution in [2.24, 2.45) is 0 Å². The minimum atomic E-state index is -0.0973. The predicted octanol–water partition coefficient (Wildman–Crippen LogP) is 2.32. The van der Waals surface area contributed by atoms with Crippen LogP contribution in [0.15, 0.2) is 54.1 Å². The van der Waals surface area contributed by atoms with Gasteiger partial charge in [0, 0.05) is 17.6 Å². The molecule has 0 unspecified atom stereocenters. The smallest absolute Gasteiger partial charge is 0.193 e. The topological polar surface area (TPSA) is 34.1 Å². The first-order chi connectivity index (χ1) is 7.27. The lowest BCUT2D eigenvalue weighted by Gasteiger charge is -2.04. The number of rotatable bonds is 2. The number of benzene rings is 1. The van der Waals surface area contributed by atoms with Crippen LogP contribution in [0.1, 0.15) is 16.8 Å². The van der Waals surface area contributed by atoms with E-state index >= 15 is 0 Å². The van der Waals surface area contributed by atoms with Crippen molar-refractivity contribution in [3.8, 4) is 0 Å². The van der Waals surface area contributed by atoms with Gasteiger partial charge in [-0.2, -0.15) is 0 Å². The zero-order chi connectivity index (χ0) is 10.7. The first kappa shape index (κ1) is 9.59. The van der Waals surface area contributed by atoms with E-state index in [0.29, 0.717) is 17.6 Å². The molecule has 0 atom stereocenters. The standard InChI is InChI=1S/C13H10O2/c14-12-8-4-7-11(9-12)13(15)10-5-2-1-3-6-10/h1-7,9H,8H2. The summed E-state index contributed by atoms with van der Waals surface area (Å²) in [5.41, 5.74) is 1.08. The van der Waals surface area contributed by atoms with Gasteiger partial charge < -0.3 is 0 Å². The molecular weight excluding hydrogens is 188 g/mol. The van der Waals surface area contributed by atoms with Gasteiger partial charge in [-0.15, -0.1) is 0 Å². The van der Waals surface area contributed by atoms with Crippen molar-refractivity contribution in [3.63, 3.8) is 0 Å². The third-order valence-electron chi connectivity index (χ3n) is 2.23. The lowest BCUT2D eigenvalue weighted by Crippen LogP contribution is -2.07. The normalized spacial score (nSPS) is 14.9. The molecule has 2 rings (SSSR count). The molecule has 0 aromatic heterocycles. The Balaban J connectivity index is 2.30. The number of carbonyl (C=O) groups excluding carboxylic acids is 2. The summed E-state index contributed by atoms with van der Waals surface area (Å²) in [6.45, 7) is 0. The molecule has 1 aliphatic rings. The Morgan fingerprint density at radius 1 is 1.13 bits per heavy atom. The van der Waals surface area contributed by atoms with Crippen LogP contribution in [0, 0.1) is 0 Å². The van der Waals surface area contributed by atoms with E-state index < -0.39 is 0 Å². The Bertz CT molecular complexity index is 453. The zero-order valence-electron chi connectivity index (χ0n) is 8.14. The molecule has 0 fully saturated rings. The van der Waals surface area contributed by atoms with Gasteiger partial charge in [-0.25, -0.2) is 0 Å². The summed E-state index contributed by atoms with van der Waals surface area (Å²) in [6.07, 6.45) is 5.23. The first-order valence-corrected chi connectivity index (χ1v) is 4.78.